The van der Waals surface area contributed by atoms with Gasteiger partial charge in [0, 0.05) is 11.1 Å². The third-order valence-corrected chi connectivity index (χ3v) is 7.82. The van der Waals surface area contributed by atoms with Crippen LogP contribution in [0, 0.1) is 11.8 Å². The SMILES string of the molecule is COc1cc2c(cc1OC(C)C)C(c1ccc(Cl)cc1)N(C1CCC(C(O)CC(C)C)CC1)C(=O)C2. The van der Waals surface area contributed by atoms with Gasteiger partial charge >= 0.3 is 0 Å². The summed E-state index contributed by atoms with van der Waals surface area (Å²) >= 11 is 6.23. The van der Waals surface area contributed by atoms with Crippen molar-refractivity contribution in [1.82, 2.24) is 4.90 Å². The number of hydrogen-bond donors (Lipinski definition) is 1. The van der Waals surface area contributed by atoms with Crippen molar-refractivity contribution in [2.24, 2.45) is 11.8 Å². The molecule has 4 rings (SSSR count). The van der Waals surface area contributed by atoms with E-state index < -0.39 is 0 Å². The van der Waals surface area contributed by atoms with Crippen molar-refractivity contribution in [1.29, 1.82) is 0 Å². The zero-order valence-corrected chi connectivity index (χ0v) is 22.9. The molecule has 0 aromatic heterocycles. The molecule has 2 atom stereocenters. The first-order valence-electron chi connectivity index (χ1n) is 13.3. The molecule has 36 heavy (non-hydrogen) atoms. The highest BCUT2D eigenvalue weighted by atomic mass is 35.5. The third kappa shape index (κ3) is 5.84. The molecule has 1 saturated carbocycles. The highest BCUT2D eigenvalue weighted by Gasteiger charge is 2.40. The number of carbonyl (C=O) groups excluding carboxylic acids is 1. The number of nitrogens with zero attached hydrogens (tertiary/aromatic N) is 1. The summed E-state index contributed by atoms with van der Waals surface area (Å²) in [6.45, 7) is 8.30. The van der Waals surface area contributed by atoms with E-state index in [1.165, 1.54) is 0 Å². The highest BCUT2D eigenvalue weighted by Crippen LogP contribution is 2.45. The van der Waals surface area contributed by atoms with E-state index in [2.05, 4.69) is 24.8 Å². The van der Waals surface area contributed by atoms with E-state index in [1.54, 1.807) is 7.11 Å². The van der Waals surface area contributed by atoms with Crippen molar-refractivity contribution in [3.63, 3.8) is 0 Å². The van der Waals surface area contributed by atoms with Gasteiger partial charge in [0.2, 0.25) is 5.91 Å². The Morgan fingerprint density at radius 1 is 1.03 bits per heavy atom. The number of benzene rings is 2. The van der Waals surface area contributed by atoms with Gasteiger partial charge in [-0.25, -0.2) is 0 Å². The fourth-order valence-corrected chi connectivity index (χ4v) is 6.04. The zero-order valence-electron chi connectivity index (χ0n) is 22.2. The van der Waals surface area contributed by atoms with Gasteiger partial charge in [-0.05, 0) is 98.7 Å². The van der Waals surface area contributed by atoms with Crippen molar-refractivity contribution < 1.29 is 19.4 Å². The molecule has 0 radical (unpaired) electrons. The van der Waals surface area contributed by atoms with E-state index >= 15 is 0 Å². The Hall–Kier alpha value is -2.24. The molecule has 1 amide bonds. The van der Waals surface area contributed by atoms with Crippen LogP contribution in [-0.4, -0.2) is 41.3 Å². The van der Waals surface area contributed by atoms with Crippen LogP contribution in [0.15, 0.2) is 36.4 Å². The van der Waals surface area contributed by atoms with Crippen LogP contribution in [-0.2, 0) is 11.2 Å². The van der Waals surface area contributed by atoms with Gasteiger partial charge in [-0.3, -0.25) is 4.79 Å². The molecule has 1 aliphatic heterocycles. The Kier molecular flexibility index (Phi) is 8.52. The monoisotopic (exact) mass is 513 g/mol. The zero-order chi connectivity index (χ0) is 26.0. The van der Waals surface area contributed by atoms with Gasteiger partial charge in [-0.2, -0.15) is 0 Å². The first kappa shape index (κ1) is 26.8. The lowest BCUT2D eigenvalue weighted by atomic mass is 9.78. The summed E-state index contributed by atoms with van der Waals surface area (Å²) < 4.78 is 11.7. The van der Waals surface area contributed by atoms with Crippen LogP contribution in [0.25, 0.3) is 0 Å². The molecule has 196 valence electrons. The van der Waals surface area contributed by atoms with E-state index in [-0.39, 0.29) is 30.2 Å². The van der Waals surface area contributed by atoms with Gasteiger partial charge in [-0.1, -0.05) is 37.6 Å². The summed E-state index contributed by atoms with van der Waals surface area (Å²) in [7, 11) is 1.63. The van der Waals surface area contributed by atoms with Gasteiger partial charge in [0.1, 0.15) is 0 Å². The molecule has 2 unspecified atom stereocenters. The Bertz CT molecular complexity index is 1040. The van der Waals surface area contributed by atoms with Gasteiger partial charge in [0.25, 0.3) is 0 Å². The fourth-order valence-electron chi connectivity index (χ4n) is 5.92. The molecule has 0 bridgehead atoms. The standard InChI is InChI=1S/C30H40ClNO4/c1-18(2)14-26(33)20-8-12-24(13-9-20)32-29(34)16-22-15-27(35-5)28(36-19(3)4)17-25(22)30(32)21-6-10-23(31)11-7-21/h6-7,10-11,15,17-20,24,26,30,33H,8-9,12-14,16H2,1-5H3. The average molecular weight is 514 g/mol. The minimum atomic E-state index is -0.265. The average Bonchev–Trinajstić information content (AvgIpc) is 2.83. The maximum absolute atomic E-state index is 13.7. The minimum Gasteiger partial charge on any atom is -0.493 e. The molecule has 1 heterocycles. The van der Waals surface area contributed by atoms with Gasteiger partial charge in [0.05, 0.1) is 31.8 Å². The number of rotatable bonds is 8. The normalized spacial score (nSPS) is 23.1. The second kappa shape index (κ2) is 11.4. The quantitative estimate of drug-likeness (QED) is 0.433. The summed E-state index contributed by atoms with van der Waals surface area (Å²) in [5.74, 6) is 2.26. The molecule has 0 spiro atoms. The van der Waals surface area contributed by atoms with Crippen LogP contribution in [0.5, 0.6) is 11.5 Å². The molecule has 2 aromatic rings. The van der Waals surface area contributed by atoms with Crippen molar-refractivity contribution in [2.75, 3.05) is 7.11 Å². The molecule has 1 aliphatic carbocycles. The number of ether oxygens (including phenoxy) is 2. The van der Waals surface area contributed by atoms with E-state index in [0.717, 1.165) is 48.8 Å². The predicted octanol–water partition coefficient (Wildman–Crippen LogP) is 6.58. The maximum atomic E-state index is 13.7. The van der Waals surface area contributed by atoms with Crippen LogP contribution >= 0.6 is 11.6 Å². The second-order valence-electron chi connectivity index (χ2n) is 11.1. The molecular formula is C30H40ClNO4. The van der Waals surface area contributed by atoms with Crippen LogP contribution in [0.2, 0.25) is 5.02 Å². The smallest absolute Gasteiger partial charge is 0.228 e. The largest absolute Gasteiger partial charge is 0.493 e. The van der Waals surface area contributed by atoms with Crippen molar-refractivity contribution in [3.05, 3.63) is 58.1 Å². The van der Waals surface area contributed by atoms with Crippen molar-refractivity contribution >= 4 is 17.5 Å². The summed E-state index contributed by atoms with van der Waals surface area (Å²) in [5, 5.41) is 11.4. The van der Waals surface area contributed by atoms with Crippen LogP contribution < -0.4 is 9.47 Å². The van der Waals surface area contributed by atoms with E-state index in [1.807, 2.05) is 44.2 Å². The summed E-state index contributed by atoms with van der Waals surface area (Å²) in [6.07, 6.45) is 4.58. The lowest BCUT2D eigenvalue weighted by Crippen LogP contribution is -2.49. The molecular weight excluding hydrogens is 474 g/mol. The number of fused-ring (bicyclic) bond motifs is 1. The third-order valence-electron chi connectivity index (χ3n) is 7.57. The first-order chi connectivity index (χ1) is 17.2. The predicted molar refractivity (Wildman–Crippen MR) is 144 cm³/mol. The number of aliphatic hydroxyl groups excluding tert-OH is 1. The highest BCUT2D eigenvalue weighted by molar-refractivity contribution is 6.30. The minimum absolute atomic E-state index is 0.000183. The molecule has 6 heteroatoms. The van der Waals surface area contributed by atoms with Gasteiger partial charge < -0.3 is 19.5 Å². The number of aliphatic hydroxyl groups is 1. The van der Waals surface area contributed by atoms with E-state index in [4.69, 9.17) is 21.1 Å². The van der Waals surface area contributed by atoms with E-state index in [9.17, 15) is 9.90 Å². The lowest BCUT2D eigenvalue weighted by molar-refractivity contribution is -0.137. The topological polar surface area (TPSA) is 59.0 Å². The molecule has 1 N–H and O–H groups in total. The summed E-state index contributed by atoms with van der Waals surface area (Å²) in [6, 6.07) is 11.8. The first-order valence-corrected chi connectivity index (χ1v) is 13.7. The van der Waals surface area contributed by atoms with Gasteiger partial charge in [-0.15, -0.1) is 0 Å². The summed E-state index contributed by atoms with van der Waals surface area (Å²) in [4.78, 5) is 15.8. The Labute approximate surface area is 220 Å². The number of carbonyl (C=O) groups is 1. The van der Waals surface area contributed by atoms with Crippen molar-refractivity contribution in [3.8, 4) is 11.5 Å². The molecule has 1 fully saturated rings. The molecule has 5 nitrogen and oxygen atoms in total. The number of halogens is 1. The fraction of sp³-hybridized carbons (Fsp3) is 0.567. The number of amides is 1. The molecule has 2 aromatic carbocycles. The maximum Gasteiger partial charge on any atom is 0.228 e. The Balaban J connectivity index is 1.70. The second-order valence-corrected chi connectivity index (χ2v) is 11.5. The number of methoxy groups -OCH3 is 1. The van der Waals surface area contributed by atoms with Crippen molar-refractivity contribution in [2.45, 2.75) is 90.5 Å². The van der Waals surface area contributed by atoms with Crippen LogP contribution in [0.1, 0.15) is 82.5 Å². The Morgan fingerprint density at radius 3 is 2.28 bits per heavy atom. The van der Waals surface area contributed by atoms with Crippen LogP contribution in [0.4, 0.5) is 0 Å². The van der Waals surface area contributed by atoms with Crippen LogP contribution in [0.3, 0.4) is 0 Å². The molecule has 0 saturated heterocycles. The number of hydrogen-bond acceptors (Lipinski definition) is 4. The summed E-state index contributed by atoms with van der Waals surface area (Å²) in [5.41, 5.74) is 3.09. The molecule has 2 aliphatic rings. The van der Waals surface area contributed by atoms with E-state index in [0.29, 0.717) is 34.8 Å². The Morgan fingerprint density at radius 2 is 1.69 bits per heavy atom. The van der Waals surface area contributed by atoms with Gasteiger partial charge in [0.15, 0.2) is 11.5 Å². The lowest BCUT2D eigenvalue weighted by Gasteiger charge is -2.45.